The molecular formula is C20H25N5O. The second-order valence-corrected chi connectivity index (χ2v) is 6.94. The highest BCUT2D eigenvalue weighted by Gasteiger charge is 2.21. The molecule has 1 fully saturated rings. The third kappa shape index (κ3) is 3.24. The molecule has 3 aromatic rings. The van der Waals surface area contributed by atoms with E-state index in [1.807, 2.05) is 6.07 Å². The Labute approximate surface area is 153 Å². The molecule has 3 N–H and O–H groups in total. The summed E-state index contributed by atoms with van der Waals surface area (Å²) in [4.78, 5) is 14.5. The lowest BCUT2D eigenvalue weighted by Gasteiger charge is -2.17. The van der Waals surface area contributed by atoms with Crippen molar-refractivity contribution in [1.29, 1.82) is 0 Å². The van der Waals surface area contributed by atoms with Crippen molar-refractivity contribution < 1.29 is 5.11 Å². The number of rotatable bonds is 5. The number of nitrogens with one attached hydrogen (secondary N) is 2. The molecule has 0 radical (unpaired) electrons. The van der Waals surface area contributed by atoms with E-state index >= 15 is 0 Å². The van der Waals surface area contributed by atoms with E-state index in [2.05, 4.69) is 57.2 Å². The average Bonchev–Trinajstić information content (AvgIpc) is 3.24. The van der Waals surface area contributed by atoms with Crippen molar-refractivity contribution in [2.75, 3.05) is 23.3 Å². The summed E-state index contributed by atoms with van der Waals surface area (Å²) in [6.45, 7) is 6.49. The van der Waals surface area contributed by atoms with Crippen LogP contribution in [-0.4, -0.2) is 39.3 Å². The van der Waals surface area contributed by atoms with Gasteiger partial charge in [0.2, 0.25) is 5.95 Å². The first-order valence-electron chi connectivity index (χ1n) is 9.24. The lowest BCUT2D eigenvalue weighted by Crippen LogP contribution is -2.22. The van der Waals surface area contributed by atoms with Crippen LogP contribution >= 0.6 is 0 Å². The molecule has 6 nitrogen and oxygen atoms in total. The third-order valence-electron chi connectivity index (χ3n) is 5.16. The zero-order valence-electron chi connectivity index (χ0n) is 15.3. The van der Waals surface area contributed by atoms with Crippen LogP contribution in [-0.2, 0) is 13.0 Å². The van der Waals surface area contributed by atoms with Crippen molar-refractivity contribution in [2.45, 2.75) is 39.3 Å². The first-order valence-corrected chi connectivity index (χ1v) is 9.24. The third-order valence-corrected chi connectivity index (χ3v) is 5.16. The number of benzene rings is 1. The number of nitrogens with zero attached hydrogens (tertiary/aromatic N) is 3. The first-order chi connectivity index (χ1) is 12.6. The quantitative estimate of drug-likeness (QED) is 0.659. The molecule has 136 valence electrons. The lowest BCUT2D eigenvalue weighted by molar-refractivity contribution is 0.198. The molecule has 0 saturated carbocycles. The summed E-state index contributed by atoms with van der Waals surface area (Å²) in [7, 11) is 0. The molecule has 1 saturated heterocycles. The molecule has 0 aliphatic carbocycles. The van der Waals surface area contributed by atoms with Gasteiger partial charge in [0.1, 0.15) is 5.82 Å². The van der Waals surface area contributed by atoms with Crippen LogP contribution in [0.5, 0.6) is 0 Å². The first kappa shape index (κ1) is 16.8. The van der Waals surface area contributed by atoms with E-state index in [-0.39, 0.29) is 6.10 Å². The van der Waals surface area contributed by atoms with Crippen LogP contribution in [0.15, 0.2) is 30.5 Å². The highest BCUT2D eigenvalue weighted by atomic mass is 16.3. The molecule has 1 atom stereocenters. The Bertz CT molecular complexity index is 920. The van der Waals surface area contributed by atoms with Gasteiger partial charge in [-0.2, -0.15) is 4.98 Å². The Kier molecular flexibility index (Phi) is 4.51. The molecule has 26 heavy (non-hydrogen) atoms. The fourth-order valence-corrected chi connectivity index (χ4v) is 3.63. The number of hydrogen-bond acceptors (Lipinski definition) is 5. The van der Waals surface area contributed by atoms with Gasteiger partial charge >= 0.3 is 0 Å². The largest absolute Gasteiger partial charge is 0.391 e. The van der Waals surface area contributed by atoms with Gasteiger partial charge in [-0.25, -0.2) is 4.98 Å². The average molecular weight is 351 g/mol. The summed E-state index contributed by atoms with van der Waals surface area (Å²) in [5.41, 5.74) is 5.02. The number of anilines is 2. The van der Waals surface area contributed by atoms with Crippen LogP contribution < -0.4 is 10.2 Å². The summed E-state index contributed by atoms with van der Waals surface area (Å²) < 4.78 is 0. The van der Waals surface area contributed by atoms with Gasteiger partial charge in [-0.1, -0.05) is 13.0 Å². The number of aliphatic hydroxyl groups is 1. The fourth-order valence-electron chi connectivity index (χ4n) is 3.63. The summed E-state index contributed by atoms with van der Waals surface area (Å²) in [5, 5.41) is 14.3. The Morgan fingerprint density at radius 1 is 1.35 bits per heavy atom. The molecule has 0 spiro atoms. The second kappa shape index (κ2) is 6.96. The van der Waals surface area contributed by atoms with Crippen molar-refractivity contribution in [3.8, 4) is 0 Å². The highest BCUT2D eigenvalue weighted by Crippen LogP contribution is 2.24. The van der Waals surface area contributed by atoms with E-state index in [9.17, 15) is 5.11 Å². The van der Waals surface area contributed by atoms with Crippen molar-refractivity contribution in [3.63, 3.8) is 0 Å². The minimum Gasteiger partial charge on any atom is -0.391 e. The van der Waals surface area contributed by atoms with Gasteiger partial charge in [0.05, 0.1) is 6.10 Å². The number of β-amino-alcohol motifs (C(OH)–C–C–N with tert-alkyl or cyclic N) is 1. The predicted octanol–water partition coefficient (Wildman–Crippen LogP) is 3.01. The molecule has 1 unspecified atom stereocenters. The van der Waals surface area contributed by atoms with Gasteiger partial charge in [-0.05, 0) is 49.1 Å². The number of aliphatic hydroxyl groups excluding tert-OH is 1. The van der Waals surface area contributed by atoms with E-state index in [1.165, 1.54) is 27.7 Å². The smallest absolute Gasteiger partial charge is 0.224 e. The summed E-state index contributed by atoms with van der Waals surface area (Å²) >= 11 is 0. The zero-order chi connectivity index (χ0) is 18.1. The molecule has 1 aliphatic rings. The van der Waals surface area contributed by atoms with Crippen molar-refractivity contribution >= 4 is 22.7 Å². The topological polar surface area (TPSA) is 77.1 Å². The summed E-state index contributed by atoms with van der Waals surface area (Å²) in [6.07, 6.45) is 3.32. The maximum absolute atomic E-state index is 9.71. The number of fused-ring (bicyclic) bond motifs is 1. The van der Waals surface area contributed by atoms with E-state index in [0.29, 0.717) is 19.0 Å². The summed E-state index contributed by atoms with van der Waals surface area (Å²) in [5.74, 6) is 1.48. The molecular weight excluding hydrogens is 326 g/mol. The number of H-pyrrole nitrogens is 1. The van der Waals surface area contributed by atoms with Crippen LogP contribution in [0.2, 0.25) is 0 Å². The van der Waals surface area contributed by atoms with Crippen molar-refractivity contribution in [1.82, 2.24) is 15.0 Å². The Morgan fingerprint density at radius 2 is 2.23 bits per heavy atom. The van der Waals surface area contributed by atoms with Gasteiger partial charge in [0.25, 0.3) is 0 Å². The molecule has 6 heteroatoms. The van der Waals surface area contributed by atoms with E-state index in [1.54, 1.807) is 6.20 Å². The van der Waals surface area contributed by atoms with Crippen LogP contribution in [0.1, 0.15) is 30.2 Å². The molecule has 4 rings (SSSR count). The number of aromatic nitrogens is 3. The Hall–Kier alpha value is -2.60. The highest BCUT2D eigenvalue weighted by molar-refractivity contribution is 5.85. The standard InChI is InChI=1S/C20H25N5O/c1-3-17-13(2)16-10-14(4-5-18(16)23-17)11-22-20-21-8-6-19(24-20)25-9-7-15(26)12-25/h4-6,8,10,15,23,26H,3,7,9,11-12H2,1-2H3,(H,21,22,24). The van der Waals surface area contributed by atoms with Gasteiger partial charge in [-0.15, -0.1) is 0 Å². The van der Waals surface area contributed by atoms with E-state index in [0.717, 1.165) is 25.2 Å². The van der Waals surface area contributed by atoms with Gasteiger partial charge in [0, 0.05) is 42.4 Å². The van der Waals surface area contributed by atoms with E-state index in [4.69, 9.17) is 0 Å². The van der Waals surface area contributed by atoms with Gasteiger partial charge < -0.3 is 20.3 Å². The maximum Gasteiger partial charge on any atom is 0.224 e. The Balaban J connectivity index is 1.48. The molecule has 1 aromatic carbocycles. The monoisotopic (exact) mass is 351 g/mol. The predicted molar refractivity (Wildman–Crippen MR) is 105 cm³/mol. The molecule has 3 heterocycles. The fraction of sp³-hybridized carbons (Fsp3) is 0.400. The molecule has 2 aromatic heterocycles. The zero-order valence-corrected chi connectivity index (χ0v) is 15.3. The number of aromatic amines is 1. The van der Waals surface area contributed by atoms with Gasteiger partial charge in [-0.3, -0.25) is 0 Å². The molecule has 1 aliphatic heterocycles. The summed E-state index contributed by atoms with van der Waals surface area (Å²) in [6, 6.07) is 8.39. The van der Waals surface area contributed by atoms with Crippen LogP contribution in [0.4, 0.5) is 11.8 Å². The van der Waals surface area contributed by atoms with E-state index < -0.39 is 0 Å². The van der Waals surface area contributed by atoms with Crippen LogP contribution in [0, 0.1) is 6.92 Å². The van der Waals surface area contributed by atoms with Crippen molar-refractivity contribution in [3.05, 3.63) is 47.3 Å². The number of aryl methyl sites for hydroxylation is 2. The lowest BCUT2D eigenvalue weighted by atomic mass is 10.1. The SMILES string of the molecule is CCc1[nH]c2ccc(CNc3nccc(N4CCC(O)C4)n3)cc2c1C. The molecule has 0 amide bonds. The van der Waals surface area contributed by atoms with Gasteiger partial charge in [0.15, 0.2) is 0 Å². The molecule has 0 bridgehead atoms. The Morgan fingerprint density at radius 3 is 3.00 bits per heavy atom. The minimum absolute atomic E-state index is 0.259. The van der Waals surface area contributed by atoms with Crippen molar-refractivity contribution in [2.24, 2.45) is 0 Å². The maximum atomic E-state index is 9.71. The normalized spacial score (nSPS) is 17.2. The van der Waals surface area contributed by atoms with Crippen LogP contribution in [0.25, 0.3) is 10.9 Å². The van der Waals surface area contributed by atoms with Crippen LogP contribution in [0.3, 0.4) is 0 Å². The second-order valence-electron chi connectivity index (χ2n) is 6.94. The minimum atomic E-state index is -0.259. The number of hydrogen-bond donors (Lipinski definition) is 3.